The van der Waals surface area contributed by atoms with Crippen molar-refractivity contribution in [3.8, 4) is 0 Å². The summed E-state index contributed by atoms with van der Waals surface area (Å²) in [6, 6.07) is 9.92. The van der Waals surface area contributed by atoms with Crippen LogP contribution in [0.25, 0.3) is 11.0 Å². The monoisotopic (exact) mass is 383 g/mol. The van der Waals surface area contributed by atoms with E-state index in [0.29, 0.717) is 5.16 Å². The zero-order valence-electron chi connectivity index (χ0n) is 14.4. The third kappa shape index (κ3) is 4.45. The number of aromatic amines is 1. The fourth-order valence-corrected chi connectivity index (χ4v) is 3.17. The lowest BCUT2D eigenvalue weighted by atomic mass is 10.1. The molecule has 0 aliphatic rings. The van der Waals surface area contributed by atoms with Gasteiger partial charge in [0.2, 0.25) is 17.7 Å². The number of nitrogens with zero attached hydrogens (tertiary/aromatic N) is 1. The van der Waals surface area contributed by atoms with Gasteiger partial charge in [0.1, 0.15) is 0 Å². The van der Waals surface area contributed by atoms with Crippen molar-refractivity contribution in [2.75, 3.05) is 11.1 Å². The number of hydrogen-bond acceptors (Lipinski definition) is 5. The normalized spacial score (nSPS) is 10.7. The largest absolute Gasteiger partial charge is 0.366 e. The highest BCUT2D eigenvalue weighted by molar-refractivity contribution is 7.99. The first-order valence-electron chi connectivity index (χ1n) is 7.95. The molecule has 6 N–H and O–H groups in total. The van der Waals surface area contributed by atoms with Crippen LogP contribution in [0, 0.1) is 6.92 Å². The second-order valence-electron chi connectivity index (χ2n) is 5.93. The molecular formula is C18H17N5O3S. The van der Waals surface area contributed by atoms with Gasteiger partial charge in [-0.1, -0.05) is 17.8 Å². The van der Waals surface area contributed by atoms with E-state index in [9.17, 15) is 14.4 Å². The topological polar surface area (TPSA) is 144 Å². The van der Waals surface area contributed by atoms with Crippen LogP contribution in [0.1, 0.15) is 26.3 Å². The van der Waals surface area contributed by atoms with Gasteiger partial charge < -0.3 is 21.8 Å². The van der Waals surface area contributed by atoms with Gasteiger partial charge in [-0.25, -0.2) is 4.98 Å². The number of carbonyl (C=O) groups is 3. The van der Waals surface area contributed by atoms with Crippen molar-refractivity contribution in [3.63, 3.8) is 0 Å². The van der Waals surface area contributed by atoms with Gasteiger partial charge in [-0.05, 0) is 42.8 Å². The Hall–Kier alpha value is -3.33. The summed E-state index contributed by atoms with van der Waals surface area (Å²) >= 11 is 1.24. The molecule has 0 spiro atoms. The number of nitrogens with two attached hydrogens (primary N) is 2. The number of aryl methyl sites for hydroxylation is 1. The van der Waals surface area contributed by atoms with Crippen molar-refractivity contribution in [3.05, 3.63) is 53.1 Å². The van der Waals surface area contributed by atoms with Crippen LogP contribution in [0.5, 0.6) is 0 Å². The second kappa shape index (κ2) is 7.50. The maximum Gasteiger partial charge on any atom is 0.248 e. The molecule has 1 heterocycles. The summed E-state index contributed by atoms with van der Waals surface area (Å²) in [5, 5.41) is 3.25. The first-order valence-corrected chi connectivity index (χ1v) is 8.94. The predicted octanol–water partition coefficient (Wildman–Crippen LogP) is 1.80. The molecule has 1 aromatic heterocycles. The third-order valence-electron chi connectivity index (χ3n) is 3.74. The first-order chi connectivity index (χ1) is 12.8. The standard InChI is InChI=1S/C18H17N5O3S/c1-9-2-3-13-14(4-9)23-18(22-13)27-8-15(24)21-12-6-10(16(19)25)5-11(7-12)17(20)26/h2-7H,8H2,1H3,(H2,19,25)(H2,20,26)(H,21,24)(H,22,23). The molecule has 8 nitrogen and oxygen atoms in total. The Balaban J connectivity index is 1.69. The maximum absolute atomic E-state index is 12.2. The lowest BCUT2D eigenvalue weighted by molar-refractivity contribution is -0.113. The number of primary amides is 2. The Morgan fingerprint density at radius 1 is 1.07 bits per heavy atom. The van der Waals surface area contributed by atoms with Crippen LogP contribution >= 0.6 is 11.8 Å². The van der Waals surface area contributed by atoms with Crippen molar-refractivity contribution in [2.24, 2.45) is 11.5 Å². The van der Waals surface area contributed by atoms with Gasteiger partial charge in [0, 0.05) is 16.8 Å². The van der Waals surface area contributed by atoms with E-state index < -0.39 is 11.8 Å². The van der Waals surface area contributed by atoms with E-state index in [-0.39, 0.29) is 28.5 Å². The summed E-state index contributed by atoms with van der Waals surface area (Å²) in [5.74, 6) is -1.68. The summed E-state index contributed by atoms with van der Waals surface area (Å²) in [4.78, 5) is 42.5. The van der Waals surface area contributed by atoms with Crippen molar-refractivity contribution >= 4 is 46.2 Å². The smallest absolute Gasteiger partial charge is 0.248 e. The molecular weight excluding hydrogens is 366 g/mol. The first kappa shape index (κ1) is 18.5. The Kier molecular flexibility index (Phi) is 5.13. The molecule has 3 aromatic rings. The number of fused-ring (bicyclic) bond motifs is 1. The van der Waals surface area contributed by atoms with E-state index in [1.165, 1.54) is 30.0 Å². The zero-order chi connectivity index (χ0) is 19.6. The fourth-order valence-electron chi connectivity index (χ4n) is 2.48. The number of anilines is 1. The van der Waals surface area contributed by atoms with Crippen molar-refractivity contribution in [2.45, 2.75) is 12.1 Å². The molecule has 2 aromatic carbocycles. The van der Waals surface area contributed by atoms with Gasteiger partial charge in [-0.2, -0.15) is 0 Å². The number of thioether (sulfide) groups is 1. The number of hydrogen-bond donors (Lipinski definition) is 4. The molecule has 0 saturated heterocycles. The molecule has 0 aliphatic carbocycles. The van der Waals surface area contributed by atoms with Gasteiger partial charge >= 0.3 is 0 Å². The number of aromatic nitrogens is 2. The molecule has 0 atom stereocenters. The van der Waals surface area contributed by atoms with Crippen LogP contribution in [0.3, 0.4) is 0 Å². The Bertz CT molecular complexity index is 1030. The van der Waals surface area contributed by atoms with E-state index in [2.05, 4.69) is 15.3 Å². The van der Waals surface area contributed by atoms with E-state index in [1.807, 2.05) is 25.1 Å². The Morgan fingerprint density at radius 2 is 1.74 bits per heavy atom. The number of rotatable bonds is 6. The molecule has 138 valence electrons. The number of imidazole rings is 1. The van der Waals surface area contributed by atoms with Crippen LogP contribution in [-0.2, 0) is 4.79 Å². The average Bonchev–Trinajstić information content (AvgIpc) is 3.01. The van der Waals surface area contributed by atoms with Crippen LogP contribution < -0.4 is 16.8 Å². The second-order valence-corrected chi connectivity index (χ2v) is 6.89. The number of amides is 3. The fraction of sp³-hybridized carbons (Fsp3) is 0.111. The van der Waals surface area contributed by atoms with Crippen LogP contribution in [0.15, 0.2) is 41.6 Å². The molecule has 3 rings (SSSR count). The van der Waals surface area contributed by atoms with Gasteiger partial charge in [0.15, 0.2) is 5.16 Å². The van der Waals surface area contributed by atoms with E-state index in [0.717, 1.165) is 16.6 Å². The number of H-pyrrole nitrogens is 1. The van der Waals surface area contributed by atoms with E-state index >= 15 is 0 Å². The molecule has 0 saturated carbocycles. The Morgan fingerprint density at radius 3 is 2.37 bits per heavy atom. The zero-order valence-corrected chi connectivity index (χ0v) is 15.2. The molecule has 27 heavy (non-hydrogen) atoms. The van der Waals surface area contributed by atoms with Crippen LogP contribution in [-0.4, -0.2) is 33.4 Å². The summed E-state index contributed by atoms with van der Waals surface area (Å²) in [6.07, 6.45) is 0. The van der Waals surface area contributed by atoms with Crippen molar-refractivity contribution in [1.82, 2.24) is 9.97 Å². The number of carbonyl (C=O) groups excluding carboxylic acids is 3. The third-order valence-corrected chi connectivity index (χ3v) is 4.61. The quantitative estimate of drug-likeness (QED) is 0.480. The summed E-state index contributed by atoms with van der Waals surface area (Å²) in [6.45, 7) is 1.99. The highest BCUT2D eigenvalue weighted by atomic mass is 32.2. The van der Waals surface area contributed by atoms with Crippen LogP contribution in [0.4, 0.5) is 5.69 Å². The molecule has 9 heteroatoms. The SMILES string of the molecule is Cc1ccc2nc(SCC(=O)Nc3cc(C(N)=O)cc(C(N)=O)c3)[nH]c2c1. The lowest BCUT2D eigenvalue weighted by Gasteiger charge is -2.08. The van der Waals surface area contributed by atoms with Crippen molar-refractivity contribution < 1.29 is 14.4 Å². The van der Waals surface area contributed by atoms with E-state index in [4.69, 9.17) is 11.5 Å². The minimum absolute atomic E-state index is 0.0851. The minimum Gasteiger partial charge on any atom is -0.366 e. The number of nitrogens with one attached hydrogen (secondary N) is 2. The molecule has 0 radical (unpaired) electrons. The molecule has 0 unspecified atom stereocenters. The number of benzene rings is 2. The molecule has 0 aliphatic heterocycles. The van der Waals surface area contributed by atoms with Crippen LogP contribution in [0.2, 0.25) is 0 Å². The summed E-state index contributed by atoms with van der Waals surface area (Å²) in [5.41, 5.74) is 13.8. The summed E-state index contributed by atoms with van der Waals surface area (Å²) < 4.78 is 0. The molecule has 0 bridgehead atoms. The molecule has 0 fully saturated rings. The average molecular weight is 383 g/mol. The molecule has 3 amide bonds. The van der Waals surface area contributed by atoms with Gasteiger partial charge in [0.25, 0.3) is 0 Å². The maximum atomic E-state index is 12.2. The summed E-state index contributed by atoms with van der Waals surface area (Å²) in [7, 11) is 0. The lowest BCUT2D eigenvalue weighted by Crippen LogP contribution is -2.19. The van der Waals surface area contributed by atoms with Gasteiger partial charge in [-0.3, -0.25) is 14.4 Å². The minimum atomic E-state index is -0.722. The van der Waals surface area contributed by atoms with Gasteiger partial charge in [-0.15, -0.1) is 0 Å². The highest BCUT2D eigenvalue weighted by Gasteiger charge is 2.12. The van der Waals surface area contributed by atoms with Crippen molar-refractivity contribution in [1.29, 1.82) is 0 Å². The highest BCUT2D eigenvalue weighted by Crippen LogP contribution is 2.21. The predicted molar refractivity (Wildman–Crippen MR) is 104 cm³/mol. The van der Waals surface area contributed by atoms with E-state index in [1.54, 1.807) is 0 Å². The Labute approximate surface area is 158 Å². The van der Waals surface area contributed by atoms with Gasteiger partial charge in [0.05, 0.1) is 16.8 Å².